The van der Waals surface area contributed by atoms with Crippen LogP contribution in [0.1, 0.15) is 39.5 Å². The summed E-state index contributed by atoms with van der Waals surface area (Å²) in [6, 6.07) is 0. The van der Waals surface area contributed by atoms with Gasteiger partial charge >= 0.3 is 5.97 Å². The fraction of sp³-hybridized carbons (Fsp3) is 0.875. The number of carbonyl (C=O) groups excluding carboxylic acids is 1. The van der Waals surface area contributed by atoms with Crippen molar-refractivity contribution in [2.75, 3.05) is 6.61 Å². The van der Waals surface area contributed by atoms with E-state index in [1.807, 2.05) is 6.92 Å². The van der Waals surface area contributed by atoms with E-state index in [0.29, 0.717) is 13.0 Å². The molecule has 4 heteroatoms. The lowest BCUT2D eigenvalue weighted by Crippen LogP contribution is -2.02. The Hall–Kier alpha value is 0.240. The third kappa shape index (κ3) is 12.9. The highest BCUT2D eigenvalue weighted by atomic mass is 79.9. The van der Waals surface area contributed by atoms with Gasteiger partial charge in [-0.3, -0.25) is 4.79 Å². The number of hydrogen-bond donors (Lipinski definition) is 0. The molecule has 12 heavy (non-hydrogen) atoms. The summed E-state index contributed by atoms with van der Waals surface area (Å²) in [5.41, 5.74) is 0. The summed E-state index contributed by atoms with van der Waals surface area (Å²) in [6.45, 7) is 4.45. The molecule has 0 aromatic heterocycles. The first-order chi connectivity index (χ1) is 5.81. The van der Waals surface area contributed by atoms with E-state index in [1.54, 1.807) is 0 Å². The number of unbranched alkanes of at least 4 members (excludes halogenated alkanes) is 2. The van der Waals surface area contributed by atoms with Crippen LogP contribution in [0.2, 0.25) is 0 Å². The van der Waals surface area contributed by atoms with Crippen LogP contribution in [-0.2, 0) is 9.53 Å². The Morgan fingerprint density at radius 1 is 1.33 bits per heavy atom. The van der Waals surface area contributed by atoms with E-state index in [9.17, 15) is 4.79 Å². The molecule has 0 saturated heterocycles. The first-order valence-electron chi connectivity index (χ1n) is 4.11. The van der Waals surface area contributed by atoms with Gasteiger partial charge in [-0.25, -0.2) is 0 Å². The number of carbonyl (C=O) groups is 1. The van der Waals surface area contributed by atoms with E-state index >= 15 is 0 Å². The van der Waals surface area contributed by atoms with Gasteiger partial charge in [0.1, 0.15) is 0 Å². The highest BCUT2D eigenvalue weighted by molar-refractivity contribution is 9.22. The SMILES string of the molecule is CCCCCC(=O)OCC.ClBr. The summed E-state index contributed by atoms with van der Waals surface area (Å²) >= 11 is 2.41. The minimum atomic E-state index is -0.0593. The Morgan fingerprint density at radius 2 is 1.92 bits per heavy atom. The maximum absolute atomic E-state index is 10.7. The van der Waals surface area contributed by atoms with Gasteiger partial charge < -0.3 is 4.74 Å². The minimum Gasteiger partial charge on any atom is -0.466 e. The molecule has 0 amide bonds. The van der Waals surface area contributed by atoms with Crippen LogP contribution in [0.4, 0.5) is 0 Å². The summed E-state index contributed by atoms with van der Waals surface area (Å²) in [5.74, 6) is -0.0593. The van der Waals surface area contributed by atoms with Crippen molar-refractivity contribution >= 4 is 31.1 Å². The lowest BCUT2D eigenvalue weighted by atomic mass is 10.2. The Kier molecular flexibility index (Phi) is 17.0. The van der Waals surface area contributed by atoms with Gasteiger partial charge in [0.2, 0.25) is 0 Å². The van der Waals surface area contributed by atoms with E-state index < -0.39 is 0 Å². The summed E-state index contributed by atoms with van der Waals surface area (Å²) in [6.07, 6.45) is 3.83. The Labute approximate surface area is 87.0 Å². The zero-order chi connectivity index (χ0) is 9.82. The van der Waals surface area contributed by atoms with Gasteiger partial charge in [0.25, 0.3) is 0 Å². The van der Waals surface area contributed by atoms with Crippen molar-refractivity contribution in [1.29, 1.82) is 0 Å². The van der Waals surface area contributed by atoms with E-state index in [1.165, 1.54) is 0 Å². The lowest BCUT2D eigenvalue weighted by molar-refractivity contribution is -0.143. The fourth-order valence-corrected chi connectivity index (χ4v) is 0.752. The van der Waals surface area contributed by atoms with Gasteiger partial charge in [-0.2, -0.15) is 0 Å². The molecule has 74 valence electrons. The molecule has 0 aliphatic carbocycles. The second kappa shape index (κ2) is 13.8. The summed E-state index contributed by atoms with van der Waals surface area (Å²) in [5, 5.41) is 0. The molecule has 0 saturated carbocycles. The third-order valence-electron chi connectivity index (χ3n) is 1.29. The molecule has 0 fully saturated rings. The number of ether oxygens (including phenoxy) is 1. The normalized spacial score (nSPS) is 8.33. The first kappa shape index (κ1) is 14.7. The van der Waals surface area contributed by atoms with Crippen LogP contribution in [0.15, 0.2) is 0 Å². The highest BCUT2D eigenvalue weighted by Gasteiger charge is 1.98. The Morgan fingerprint density at radius 3 is 2.33 bits per heavy atom. The molecule has 0 aromatic rings. The molecule has 0 atom stereocenters. The molecule has 0 heterocycles. The molecule has 0 bridgehead atoms. The average Bonchev–Trinajstić information content (AvgIpc) is 2.09. The summed E-state index contributed by atoms with van der Waals surface area (Å²) in [7, 11) is 4.45. The summed E-state index contributed by atoms with van der Waals surface area (Å²) < 4.78 is 4.75. The molecular formula is C8H16BrClO2. The molecule has 0 radical (unpaired) electrons. The van der Waals surface area contributed by atoms with Gasteiger partial charge in [0.15, 0.2) is 0 Å². The smallest absolute Gasteiger partial charge is 0.305 e. The van der Waals surface area contributed by atoms with Crippen LogP contribution < -0.4 is 0 Å². The number of rotatable bonds is 5. The van der Waals surface area contributed by atoms with Crippen LogP contribution in [0.3, 0.4) is 0 Å². The zero-order valence-corrected chi connectivity index (χ0v) is 9.95. The lowest BCUT2D eigenvalue weighted by Gasteiger charge is -1.99. The highest BCUT2D eigenvalue weighted by Crippen LogP contribution is 1.99. The predicted octanol–water partition coefficient (Wildman–Crippen LogP) is 3.66. The van der Waals surface area contributed by atoms with Crippen molar-refractivity contribution in [1.82, 2.24) is 0 Å². The first-order valence-corrected chi connectivity index (χ1v) is 6.19. The third-order valence-corrected chi connectivity index (χ3v) is 1.29. The average molecular weight is 260 g/mol. The number of halogens is 2. The number of hydrogen-bond acceptors (Lipinski definition) is 2. The van der Waals surface area contributed by atoms with Gasteiger partial charge in [0.05, 0.1) is 6.61 Å². The van der Waals surface area contributed by atoms with Crippen molar-refractivity contribution in [3.05, 3.63) is 0 Å². The van der Waals surface area contributed by atoms with Crippen molar-refractivity contribution in [2.45, 2.75) is 39.5 Å². The van der Waals surface area contributed by atoms with Gasteiger partial charge in [-0.15, -0.1) is 0 Å². The fourth-order valence-electron chi connectivity index (χ4n) is 0.752. The van der Waals surface area contributed by atoms with Crippen LogP contribution >= 0.6 is 25.1 Å². The molecule has 0 aromatic carbocycles. The zero-order valence-electron chi connectivity index (χ0n) is 7.61. The van der Waals surface area contributed by atoms with Gasteiger partial charge in [-0.05, 0) is 23.5 Å². The molecule has 0 N–H and O–H groups in total. The largest absolute Gasteiger partial charge is 0.466 e. The predicted molar refractivity (Wildman–Crippen MR) is 55.6 cm³/mol. The maximum atomic E-state index is 10.7. The molecular weight excluding hydrogens is 243 g/mol. The Balaban J connectivity index is 0. The molecule has 0 unspecified atom stereocenters. The molecule has 0 aliphatic rings. The second-order valence-corrected chi connectivity index (χ2v) is 2.26. The van der Waals surface area contributed by atoms with E-state index in [0.717, 1.165) is 19.3 Å². The van der Waals surface area contributed by atoms with E-state index in [4.69, 9.17) is 4.74 Å². The number of esters is 1. The van der Waals surface area contributed by atoms with Crippen LogP contribution in [0.25, 0.3) is 0 Å². The van der Waals surface area contributed by atoms with Crippen molar-refractivity contribution in [3.8, 4) is 0 Å². The van der Waals surface area contributed by atoms with E-state index in [-0.39, 0.29) is 5.97 Å². The Bertz CT molecular complexity index is 99.1. The van der Waals surface area contributed by atoms with Gasteiger partial charge in [0, 0.05) is 21.4 Å². The topological polar surface area (TPSA) is 26.3 Å². The second-order valence-electron chi connectivity index (χ2n) is 2.26. The van der Waals surface area contributed by atoms with Crippen LogP contribution in [0, 0.1) is 0 Å². The molecule has 0 rings (SSSR count). The van der Waals surface area contributed by atoms with Crippen LogP contribution in [-0.4, -0.2) is 12.6 Å². The quantitative estimate of drug-likeness (QED) is 0.556. The maximum Gasteiger partial charge on any atom is 0.305 e. The summed E-state index contributed by atoms with van der Waals surface area (Å²) in [4.78, 5) is 10.7. The molecule has 0 spiro atoms. The minimum absolute atomic E-state index is 0.0593. The standard InChI is InChI=1S/C8H16O2.BrCl/c1-3-5-6-7-8(9)10-4-2;1-2/h3-7H2,1-2H3;. The van der Waals surface area contributed by atoms with Crippen molar-refractivity contribution < 1.29 is 9.53 Å². The van der Waals surface area contributed by atoms with Crippen LogP contribution in [0.5, 0.6) is 0 Å². The molecule has 2 nitrogen and oxygen atoms in total. The van der Waals surface area contributed by atoms with E-state index in [2.05, 4.69) is 32.1 Å². The monoisotopic (exact) mass is 258 g/mol. The van der Waals surface area contributed by atoms with Crippen molar-refractivity contribution in [3.63, 3.8) is 0 Å². The van der Waals surface area contributed by atoms with Crippen molar-refractivity contribution in [2.24, 2.45) is 0 Å². The van der Waals surface area contributed by atoms with Gasteiger partial charge in [-0.1, -0.05) is 19.8 Å². The molecule has 0 aliphatic heterocycles.